The second-order valence-corrected chi connectivity index (χ2v) is 9.29. The number of amides is 1. The van der Waals surface area contributed by atoms with Crippen LogP contribution in [0.3, 0.4) is 0 Å². The quantitative estimate of drug-likeness (QED) is 0.455. The van der Waals surface area contributed by atoms with Crippen molar-refractivity contribution in [3.8, 4) is 11.5 Å². The summed E-state index contributed by atoms with van der Waals surface area (Å²) in [6.07, 6.45) is 6.75. The van der Waals surface area contributed by atoms with E-state index < -0.39 is 5.60 Å². The summed E-state index contributed by atoms with van der Waals surface area (Å²) in [5, 5.41) is 1.87. The van der Waals surface area contributed by atoms with Crippen molar-refractivity contribution >= 4 is 34.7 Å². The van der Waals surface area contributed by atoms with Crippen LogP contribution in [-0.2, 0) is 11.3 Å². The van der Waals surface area contributed by atoms with Gasteiger partial charge in [-0.2, -0.15) is 0 Å². The Morgan fingerprint density at radius 1 is 1.18 bits per heavy atom. The Balaban J connectivity index is 1.60. The van der Waals surface area contributed by atoms with Crippen LogP contribution < -0.4 is 14.4 Å². The van der Waals surface area contributed by atoms with Gasteiger partial charge in [-0.25, -0.2) is 0 Å². The van der Waals surface area contributed by atoms with Crippen molar-refractivity contribution in [1.29, 1.82) is 0 Å². The van der Waals surface area contributed by atoms with E-state index in [1.165, 1.54) is 0 Å². The number of hydrogen-bond donors (Lipinski definition) is 0. The van der Waals surface area contributed by atoms with Gasteiger partial charge in [0.25, 0.3) is 0 Å². The van der Waals surface area contributed by atoms with E-state index in [9.17, 15) is 9.59 Å². The van der Waals surface area contributed by atoms with Gasteiger partial charge in [0.1, 0.15) is 11.9 Å². The number of aldehydes is 1. The average Bonchev–Trinajstić information content (AvgIpc) is 3.66. The molecule has 1 aliphatic carbocycles. The molecule has 1 saturated carbocycles. The monoisotopic (exact) mass is 441 g/mol. The van der Waals surface area contributed by atoms with E-state index in [1.54, 1.807) is 13.2 Å². The molecular formula is C28H27NO4. The maximum absolute atomic E-state index is 13.5. The Hall–Kier alpha value is -3.60. The maximum Gasteiger partial charge on any atom is 0.230 e. The highest BCUT2D eigenvalue weighted by molar-refractivity contribution is 6.06. The first kappa shape index (κ1) is 21.3. The average molecular weight is 442 g/mol. The minimum absolute atomic E-state index is 0.0521. The predicted octanol–water partition coefficient (Wildman–Crippen LogP) is 5.79. The molecule has 2 aliphatic rings. The van der Waals surface area contributed by atoms with Crippen molar-refractivity contribution in [2.45, 2.75) is 38.8 Å². The molecule has 0 spiro atoms. The molecule has 1 fully saturated rings. The lowest BCUT2D eigenvalue weighted by molar-refractivity contribution is -0.119. The van der Waals surface area contributed by atoms with Gasteiger partial charge in [0.15, 0.2) is 11.5 Å². The van der Waals surface area contributed by atoms with E-state index in [-0.39, 0.29) is 11.8 Å². The van der Waals surface area contributed by atoms with E-state index >= 15 is 0 Å². The fraction of sp³-hybridized carbons (Fsp3) is 0.286. The lowest BCUT2D eigenvalue weighted by Gasteiger charge is -2.31. The first-order valence-corrected chi connectivity index (χ1v) is 11.3. The molecule has 33 heavy (non-hydrogen) atoms. The summed E-state index contributed by atoms with van der Waals surface area (Å²) >= 11 is 0. The number of fused-ring (bicyclic) bond motifs is 2. The van der Waals surface area contributed by atoms with Gasteiger partial charge in [0.2, 0.25) is 5.91 Å². The summed E-state index contributed by atoms with van der Waals surface area (Å²) in [4.78, 5) is 26.6. The van der Waals surface area contributed by atoms with Gasteiger partial charge in [-0.3, -0.25) is 9.59 Å². The van der Waals surface area contributed by atoms with E-state index in [2.05, 4.69) is 0 Å². The number of rotatable bonds is 6. The van der Waals surface area contributed by atoms with Crippen LogP contribution in [0.4, 0.5) is 5.69 Å². The lowest BCUT2D eigenvalue weighted by atomic mass is 9.99. The molecule has 1 heterocycles. The second-order valence-electron chi connectivity index (χ2n) is 9.29. The number of carbonyl (C=O) groups is 2. The largest absolute Gasteiger partial charge is 0.492 e. The van der Waals surface area contributed by atoms with Gasteiger partial charge in [-0.05, 0) is 50.3 Å². The molecule has 0 bridgehead atoms. The van der Waals surface area contributed by atoms with Gasteiger partial charge in [0.05, 0.1) is 19.3 Å². The van der Waals surface area contributed by atoms with Crippen LogP contribution in [0.25, 0.3) is 16.8 Å². The summed E-state index contributed by atoms with van der Waals surface area (Å²) < 4.78 is 12.0. The molecule has 1 amide bonds. The van der Waals surface area contributed by atoms with Crippen molar-refractivity contribution in [2.24, 2.45) is 5.92 Å². The van der Waals surface area contributed by atoms with Crippen LogP contribution in [0.5, 0.6) is 11.5 Å². The minimum Gasteiger partial charge on any atom is -0.492 e. The van der Waals surface area contributed by atoms with Crippen molar-refractivity contribution in [2.75, 3.05) is 12.0 Å². The van der Waals surface area contributed by atoms with Crippen LogP contribution in [0.2, 0.25) is 0 Å². The minimum atomic E-state index is -0.436. The van der Waals surface area contributed by atoms with Crippen LogP contribution in [-0.4, -0.2) is 24.9 Å². The predicted molar refractivity (Wildman–Crippen MR) is 130 cm³/mol. The van der Waals surface area contributed by atoms with E-state index in [0.717, 1.165) is 46.7 Å². The fourth-order valence-electron chi connectivity index (χ4n) is 4.39. The summed E-state index contributed by atoms with van der Waals surface area (Å²) in [6, 6.07) is 15.4. The third-order valence-corrected chi connectivity index (χ3v) is 6.29. The highest BCUT2D eigenvalue weighted by Crippen LogP contribution is 2.43. The van der Waals surface area contributed by atoms with Gasteiger partial charge in [0, 0.05) is 28.0 Å². The molecular weight excluding hydrogens is 414 g/mol. The van der Waals surface area contributed by atoms with E-state index in [4.69, 9.17) is 9.47 Å². The van der Waals surface area contributed by atoms with Gasteiger partial charge < -0.3 is 14.4 Å². The summed E-state index contributed by atoms with van der Waals surface area (Å²) in [6.45, 7) is 4.38. The van der Waals surface area contributed by atoms with Crippen LogP contribution in [0.1, 0.15) is 48.2 Å². The molecule has 3 aromatic carbocycles. The Kier molecular flexibility index (Phi) is 5.20. The number of nitrogens with zero attached hydrogens (tertiary/aromatic N) is 1. The number of methoxy groups -OCH3 is 1. The molecule has 5 heteroatoms. The van der Waals surface area contributed by atoms with Crippen molar-refractivity contribution < 1.29 is 19.1 Å². The van der Waals surface area contributed by atoms with Gasteiger partial charge in [-0.1, -0.05) is 42.5 Å². The fourth-order valence-corrected chi connectivity index (χ4v) is 4.39. The molecule has 0 unspecified atom stereocenters. The maximum atomic E-state index is 13.5. The first-order chi connectivity index (χ1) is 15.9. The normalized spacial score (nSPS) is 16.1. The summed E-state index contributed by atoms with van der Waals surface area (Å²) in [5.41, 5.74) is 2.86. The van der Waals surface area contributed by atoms with Crippen LogP contribution in [0, 0.1) is 5.92 Å². The third-order valence-electron chi connectivity index (χ3n) is 6.29. The Morgan fingerprint density at radius 2 is 2.00 bits per heavy atom. The number of hydrogen-bond acceptors (Lipinski definition) is 4. The van der Waals surface area contributed by atoms with E-state index in [0.29, 0.717) is 23.6 Å². The molecule has 0 radical (unpaired) electrons. The number of anilines is 1. The Morgan fingerprint density at radius 3 is 2.73 bits per heavy atom. The van der Waals surface area contributed by atoms with Crippen LogP contribution in [0.15, 0.2) is 54.6 Å². The smallest absolute Gasteiger partial charge is 0.230 e. The van der Waals surface area contributed by atoms with Crippen molar-refractivity contribution in [3.05, 3.63) is 71.3 Å². The molecule has 5 nitrogen and oxygen atoms in total. The SMILES string of the molecule is COc1c(CN(C(=O)C2CC2)c2cccc3cc(C=O)ccc23)ccc2c1OC(C)(C)C=C2. The second kappa shape index (κ2) is 8.07. The van der Waals surface area contributed by atoms with Crippen molar-refractivity contribution in [3.63, 3.8) is 0 Å². The number of benzene rings is 3. The highest BCUT2D eigenvalue weighted by Gasteiger charge is 2.35. The van der Waals surface area contributed by atoms with E-state index in [1.807, 2.05) is 73.4 Å². The topological polar surface area (TPSA) is 55.8 Å². The van der Waals surface area contributed by atoms with Gasteiger partial charge >= 0.3 is 0 Å². The number of ether oxygens (including phenoxy) is 2. The zero-order valence-electron chi connectivity index (χ0n) is 19.1. The molecule has 5 rings (SSSR count). The lowest BCUT2D eigenvalue weighted by Crippen LogP contribution is -2.32. The molecule has 0 saturated heterocycles. The number of carbonyl (C=O) groups excluding carboxylic acids is 2. The molecule has 1 aliphatic heterocycles. The zero-order valence-corrected chi connectivity index (χ0v) is 19.1. The summed E-state index contributed by atoms with van der Waals surface area (Å²) in [7, 11) is 1.64. The zero-order chi connectivity index (χ0) is 23.2. The summed E-state index contributed by atoms with van der Waals surface area (Å²) in [5.74, 6) is 1.52. The molecule has 0 aromatic heterocycles. The molecule has 0 N–H and O–H groups in total. The third kappa shape index (κ3) is 3.99. The first-order valence-electron chi connectivity index (χ1n) is 11.3. The molecule has 0 atom stereocenters. The van der Waals surface area contributed by atoms with Crippen LogP contribution >= 0.6 is 0 Å². The Bertz CT molecular complexity index is 1290. The van der Waals surface area contributed by atoms with Gasteiger partial charge in [-0.15, -0.1) is 0 Å². The molecule has 168 valence electrons. The highest BCUT2D eigenvalue weighted by atomic mass is 16.5. The van der Waals surface area contributed by atoms with Crippen molar-refractivity contribution in [1.82, 2.24) is 0 Å². The standard InChI is InChI=1S/C28H27NO4/c1-28(2)14-13-19-8-11-22(25(32-3)26(19)33-28)16-29(27(31)20-9-10-20)24-6-4-5-21-15-18(17-30)7-12-23(21)24/h4-8,11-15,17,20H,9-10,16H2,1-3H3. The molecule has 3 aromatic rings. The Labute approximate surface area is 193 Å².